The van der Waals surface area contributed by atoms with Gasteiger partial charge in [0.25, 0.3) is 5.91 Å². The number of benzene rings is 1. The summed E-state index contributed by atoms with van der Waals surface area (Å²) >= 11 is 5.12. The summed E-state index contributed by atoms with van der Waals surface area (Å²) in [5.41, 5.74) is -1.23. The van der Waals surface area contributed by atoms with Crippen molar-refractivity contribution in [2.45, 2.75) is 16.6 Å². The molecule has 1 rings (SSSR count). The van der Waals surface area contributed by atoms with Gasteiger partial charge in [0.1, 0.15) is 0 Å². The van der Waals surface area contributed by atoms with Crippen LogP contribution in [0.15, 0.2) is 29.2 Å². The van der Waals surface area contributed by atoms with E-state index in [4.69, 9.17) is 16.7 Å². The maximum absolute atomic E-state index is 11.2. The standard InChI is InChI=1S/C11H14ClNO5S/c1-19(17,18)8-4-2-7(3-5-8)9(14)6-13-11(16)10(12)15/h2-5,9-10,14-15H,6H2,1H3,(H,13,16)/t9-,10?/m0/s1. The highest BCUT2D eigenvalue weighted by atomic mass is 35.5. The summed E-state index contributed by atoms with van der Waals surface area (Å²) in [6, 6.07) is 5.63. The average Bonchev–Trinajstić information content (AvgIpc) is 2.34. The minimum Gasteiger partial charge on any atom is -0.387 e. The Bertz CT molecular complexity index is 541. The molecule has 0 saturated heterocycles. The van der Waals surface area contributed by atoms with Crippen molar-refractivity contribution in [2.24, 2.45) is 0 Å². The van der Waals surface area contributed by atoms with Crippen molar-refractivity contribution in [1.82, 2.24) is 5.32 Å². The highest BCUT2D eigenvalue weighted by molar-refractivity contribution is 7.90. The predicted molar refractivity (Wildman–Crippen MR) is 69.4 cm³/mol. The fourth-order valence-corrected chi connectivity index (χ4v) is 2.04. The van der Waals surface area contributed by atoms with Gasteiger partial charge in [-0.25, -0.2) is 8.42 Å². The van der Waals surface area contributed by atoms with Gasteiger partial charge in [-0.05, 0) is 17.7 Å². The Hall–Kier alpha value is -1.15. The summed E-state index contributed by atoms with van der Waals surface area (Å²) in [5, 5.41) is 20.7. The largest absolute Gasteiger partial charge is 0.387 e. The molecule has 0 fully saturated rings. The van der Waals surface area contributed by atoms with Crippen LogP contribution >= 0.6 is 11.6 Å². The van der Waals surface area contributed by atoms with E-state index in [1.165, 1.54) is 24.3 Å². The topological polar surface area (TPSA) is 104 Å². The summed E-state index contributed by atoms with van der Waals surface area (Å²) in [4.78, 5) is 11.1. The van der Waals surface area contributed by atoms with Crippen LogP contribution in [0.1, 0.15) is 11.7 Å². The van der Waals surface area contributed by atoms with Crippen LogP contribution in [0.2, 0.25) is 0 Å². The zero-order valence-corrected chi connectivity index (χ0v) is 11.6. The number of aliphatic hydroxyl groups excluding tert-OH is 2. The summed E-state index contributed by atoms with van der Waals surface area (Å²) in [5.74, 6) is -0.812. The van der Waals surface area contributed by atoms with Gasteiger partial charge in [-0.2, -0.15) is 0 Å². The number of hydrogen-bond acceptors (Lipinski definition) is 5. The van der Waals surface area contributed by atoms with Crippen molar-refractivity contribution < 1.29 is 23.4 Å². The number of halogens is 1. The molecule has 0 heterocycles. The number of hydrogen-bond donors (Lipinski definition) is 3. The van der Waals surface area contributed by atoms with E-state index in [2.05, 4.69) is 5.32 Å². The minimum atomic E-state index is -3.28. The van der Waals surface area contributed by atoms with E-state index < -0.39 is 27.4 Å². The van der Waals surface area contributed by atoms with Crippen LogP contribution in [0.5, 0.6) is 0 Å². The van der Waals surface area contributed by atoms with Gasteiger partial charge >= 0.3 is 0 Å². The summed E-state index contributed by atoms with van der Waals surface area (Å²) in [6.45, 7) is -0.138. The van der Waals surface area contributed by atoms with Crippen LogP contribution < -0.4 is 5.32 Å². The lowest BCUT2D eigenvalue weighted by molar-refractivity contribution is -0.126. The van der Waals surface area contributed by atoms with Crippen molar-refractivity contribution in [3.63, 3.8) is 0 Å². The predicted octanol–water partition coefficient (Wildman–Crippen LogP) is -0.203. The van der Waals surface area contributed by atoms with E-state index in [-0.39, 0.29) is 11.4 Å². The first-order valence-electron chi connectivity index (χ1n) is 5.29. The molecule has 3 N–H and O–H groups in total. The van der Waals surface area contributed by atoms with Gasteiger partial charge in [0.2, 0.25) is 5.56 Å². The second kappa shape index (κ2) is 6.33. The van der Waals surface area contributed by atoms with Crippen molar-refractivity contribution in [2.75, 3.05) is 12.8 Å². The molecule has 6 nitrogen and oxygen atoms in total. The maximum atomic E-state index is 11.2. The minimum absolute atomic E-state index is 0.138. The maximum Gasteiger partial charge on any atom is 0.264 e. The van der Waals surface area contributed by atoms with Gasteiger partial charge in [0.15, 0.2) is 9.84 Å². The molecule has 1 amide bonds. The third-order valence-corrected chi connectivity index (χ3v) is 3.71. The van der Waals surface area contributed by atoms with E-state index in [9.17, 15) is 18.3 Å². The molecule has 0 aromatic heterocycles. The number of sulfone groups is 1. The fraction of sp³-hybridized carbons (Fsp3) is 0.364. The Labute approximate surface area is 115 Å². The SMILES string of the molecule is CS(=O)(=O)c1ccc([C@@H](O)CNC(=O)C(O)Cl)cc1. The Balaban J connectivity index is 2.68. The third-order valence-electron chi connectivity index (χ3n) is 2.38. The Kier molecular flexibility index (Phi) is 5.30. The van der Waals surface area contributed by atoms with Gasteiger partial charge in [0, 0.05) is 12.8 Å². The first-order valence-corrected chi connectivity index (χ1v) is 7.62. The number of rotatable bonds is 5. The van der Waals surface area contributed by atoms with Crippen LogP contribution in [-0.2, 0) is 14.6 Å². The van der Waals surface area contributed by atoms with Gasteiger partial charge in [-0.1, -0.05) is 23.7 Å². The number of aliphatic hydroxyl groups is 2. The number of carbonyl (C=O) groups excluding carboxylic acids is 1. The van der Waals surface area contributed by atoms with Crippen molar-refractivity contribution in [1.29, 1.82) is 0 Å². The zero-order chi connectivity index (χ0) is 14.6. The van der Waals surface area contributed by atoms with E-state index >= 15 is 0 Å². The van der Waals surface area contributed by atoms with Crippen LogP contribution in [-0.4, -0.2) is 42.9 Å². The third kappa shape index (κ3) is 4.79. The molecule has 1 aromatic carbocycles. The molecule has 0 spiro atoms. The Morgan fingerprint density at radius 2 is 1.84 bits per heavy atom. The number of nitrogens with one attached hydrogen (secondary N) is 1. The molecule has 0 saturated carbocycles. The lowest BCUT2D eigenvalue weighted by atomic mass is 10.1. The van der Waals surface area contributed by atoms with Crippen molar-refractivity contribution >= 4 is 27.3 Å². The smallest absolute Gasteiger partial charge is 0.264 e. The molecule has 1 aromatic rings. The van der Waals surface area contributed by atoms with Crippen LogP contribution in [0, 0.1) is 0 Å². The fourth-order valence-electron chi connectivity index (χ4n) is 1.34. The van der Waals surface area contributed by atoms with Crippen molar-refractivity contribution in [3.8, 4) is 0 Å². The van der Waals surface area contributed by atoms with Crippen molar-refractivity contribution in [3.05, 3.63) is 29.8 Å². The number of carbonyl (C=O) groups is 1. The summed E-state index contributed by atoms with van der Waals surface area (Å²) in [7, 11) is -3.28. The quantitative estimate of drug-likeness (QED) is 0.653. The monoisotopic (exact) mass is 307 g/mol. The molecular weight excluding hydrogens is 294 g/mol. The van der Waals surface area contributed by atoms with Gasteiger partial charge in [0.05, 0.1) is 11.0 Å². The molecule has 0 aliphatic carbocycles. The lowest BCUT2D eigenvalue weighted by Crippen LogP contribution is -2.34. The molecule has 106 valence electrons. The highest BCUT2D eigenvalue weighted by Crippen LogP contribution is 2.16. The van der Waals surface area contributed by atoms with E-state index in [1.807, 2.05) is 0 Å². The molecular formula is C11H14ClNO5S. The number of amides is 1. The van der Waals surface area contributed by atoms with Crippen LogP contribution in [0.3, 0.4) is 0 Å². The van der Waals surface area contributed by atoms with Gasteiger partial charge in [-0.3, -0.25) is 4.79 Å². The Morgan fingerprint density at radius 3 is 2.26 bits per heavy atom. The molecule has 19 heavy (non-hydrogen) atoms. The molecule has 0 aliphatic heterocycles. The first kappa shape index (κ1) is 15.9. The molecule has 1 unspecified atom stereocenters. The first-order chi connectivity index (χ1) is 8.71. The van der Waals surface area contributed by atoms with Crippen LogP contribution in [0.25, 0.3) is 0 Å². The lowest BCUT2D eigenvalue weighted by Gasteiger charge is -2.13. The second-order valence-electron chi connectivity index (χ2n) is 3.94. The van der Waals surface area contributed by atoms with E-state index in [1.54, 1.807) is 0 Å². The summed E-state index contributed by atoms with van der Waals surface area (Å²) in [6.07, 6.45) is 0.0635. The summed E-state index contributed by atoms with van der Waals surface area (Å²) < 4.78 is 22.5. The molecule has 8 heteroatoms. The number of alkyl halides is 1. The average molecular weight is 308 g/mol. The van der Waals surface area contributed by atoms with Crippen LogP contribution in [0.4, 0.5) is 0 Å². The molecule has 0 bridgehead atoms. The Morgan fingerprint density at radius 1 is 1.32 bits per heavy atom. The van der Waals surface area contributed by atoms with E-state index in [0.717, 1.165) is 6.26 Å². The molecule has 0 radical (unpaired) electrons. The van der Waals surface area contributed by atoms with Gasteiger partial charge in [-0.15, -0.1) is 0 Å². The van der Waals surface area contributed by atoms with E-state index in [0.29, 0.717) is 5.56 Å². The second-order valence-corrected chi connectivity index (χ2v) is 6.37. The highest BCUT2D eigenvalue weighted by Gasteiger charge is 2.14. The molecule has 0 aliphatic rings. The molecule has 2 atom stereocenters. The zero-order valence-electron chi connectivity index (χ0n) is 10.1. The normalized spacial score (nSPS) is 14.7. The van der Waals surface area contributed by atoms with Gasteiger partial charge < -0.3 is 15.5 Å².